The van der Waals surface area contributed by atoms with E-state index in [2.05, 4.69) is 4.98 Å². The fourth-order valence-electron chi connectivity index (χ4n) is 1.31. The largest absolute Gasteiger partial charge is 0.486 e. The molecule has 2 rings (SSSR count). The number of ether oxygens (including phenoxy) is 1. The van der Waals surface area contributed by atoms with Crippen LogP contribution in [0.4, 0.5) is 0 Å². The van der Waals surface area contributed by atoms with Gasteiger partial charge in [-0.3, -0.25) is 4.79 Å². The number of nitrogens with zero attached hydrogens (tertiary/aromatic N) is 1. The van der Waals surface area contributed by atoms with Crippen molar-refractivity contribution in [2.75, 3.05) is 6.61 Å². The molecular formula is C12H11NO2S. The number of carbonyl (C=O) groups excluding carboxylic acids is 1. The van der Waals surface area contributed by atoms with E-state index in [4.69, 9.17) is 4.74 Å². The molecule has 0 saturated carbocycles. The Morgan fingerprint density at radius 1 is 1.38 bits per heavy atom. The number of hydrogen-bond acceptors (Lipinski definition) is 4. The topological polar surface area (TPSA) is 39.2 Å². The van der Waals surface area contributed by atoms with Crippen LogP contribution in [0.15, 0.2) is 29.6 Å². The zero-order valence-corrected chi connectivity index (χ0v) is 9.66. The molecule has 0 radical (unpaired) electrons. The number of aromatic nitrogens is 1. The Kier molecular flexibility index (Phi) is 3.31. The Hall–Kier alpha value is -1.68. The van der Waals surface area contributed by atoms with Gasteiger partial charge in [-0.1, -0.05) is 0 Å². The van der Waals surface area contributed by atoms with E-state index in [9.17, 15) is 4.79 Å². The summed E-state index contributed by atoms with van der Waals surface area (Å²) in [6.07, 6.45) is 0.734. The van der Waals surface area contributed by atoms with E-state index in [0.717, 1.165) is 22.6 Å². The van der Waals surface area contributed by atoms with Crippen molar-refractivity contribution < 1.29 is 9.53 Å². The molecule has 0 fully saturated rings. The molecule has 0 aliphatic heterocycles. The first-order chi connectivity index (χ1) is 7.79. The summed E-state index contributed by atoms with van der Waals surface area (Å²) in [5.41, 5.74) is 2.10. The van der Waals surface area contributed by atoms with Crippen LogP contribution in [-0.4, -0.2) is 17.9 Å². The number of hydrogen-bond donors (Lipinski definition) is 0. The van der Waals surface area contributed by atoms with Gasteiger partial charge in [-0.25, -0.2) is 4.98 Å². The molecule has 0 aliphatic carbocycles. The normalized spacial score (nSPS) is 10.1. The molecule has 2 aromatic rings. The van der Waals surface area contributed by atoms with Crippen LogP contribution in [0.2, 0.25) is 0 Å². The molecule has 0 bridgehead atoms. The molecule has 1 aromatic heterocycles. The molecule has 1 heterocycles. The molecular weight excluding hydrogens is 222 g/mol. The second kappa shape index (κ2) is 4.90. The summed E-state index contributed by atoms with van der Waals surface area (Å²) in [6.45, 7) is 2.07. The van der Waals surface area contributed by atoms with Crippen LogP contribution in [0.3, 0.4) is 0 Å². The Morgan fingerprint density at radius 2 is 2.12 bits per heavy atom. The van der Waals surface area contributed by atoms with Crippen molar-refractivity contribution >= 4 is 17.6 Å². The second-order valence-electron chi connectivity index (χ2n) is 3.30. The predicted molar refractivity (Wildman–Crippen MR) is 63.8 cm³/mol. The van der Waals surface area contributed by atoms with E-state index in [1.807, 2.05) is 36.6 Å². The average Bonchev–Trinajstić information content (AvgIpc) is 2.74. The molecule has 3 nitrogen and oxygen atoms in total. The Morgan fingerprint density at radius 3 is 2.69 bits per heavy atom. The lowest BCUT2D eigenvalue weighted by Gasteiger charge is -2.02. The van der Waals surface area contributed by atoms with Crippen LogP contribution >= 0.6 is 11.3 Å². The van der Waals surface area contributed by atoms with Crippen LogP contribution in [-0.2, 0) is 4.79 Å². The Labute approximate surface area is 97.7 Å². The SMILES string of the molecule is Cc1csc(-c2ccc(OCC=O)cc2)n1. The Bertz CT molecular complexity index is 476. The maximum atomic E-state index is 10.1. The lowest BCUT2D eigenvalue weighted by molar-refractivity contribution is -0.109. The van der Waals surface area contributed by atoms with Gasteiger partial charge >= 0.3 is 0 Å². The van der Waals surface area contributed by atoms with Gasteiger partial charge in [0.05, 0.1) is 0 Å². The van der Waals surface area contributed by atoms with E-state index in [1.54, 1.807) is 11.3 Å². The molecule has 0 spiro atoms. The van der Waals surface area contributed by atoms with Crippen LogP contribution in [0, 0.1) is 6.92 Å². The van der Waals surface area contributed by atoms with Crippen molar-refractivity contribution in [1.82, 2.24) is 4.98 Å². The second-order valence-corrected chi connectivity index (χ2v) is 4.15. The van der Waals surface area contributed by atoms with Crippen LogP contribution < -0.4 is 4.74 Å². The molecule has 0 amide bonds. The highest BCUT2D eigenvalue weighted by atomic mass is 32.1. The van der Waals surface area contributed by atoms with E-state index in [0.29, 0.717) is 5.75 Å². The fraction of sp³-hybridized carbons (Fsp3) is 0.167. The number of aldehydes is 1. The lowest BCUT2D eigenvalue weighted by atomic mass is 10.2. The molecule has 82 valence electrons. The van der Waals surface area contributed by atoms with Crippen LogP contribution in [0.1, 0.15) is 5.69 Å². The molecule has 16 heavy (non-hydrogen) atoms. The van der Waals surface area contributed by atoms with Crippen molar-refractivity contribution in [1.29, 1.82) is 0 Å². The van der Waals surface area contributed by atoms with Gasteiger partial charge in [0.25, 0.3) is 0 Å². The quantitative estimate of drug-likeness (QED) is 0.762. The maximum Gasteiger partial charge on any atom is 0.157 e. The van der Waals surface area contributed by atoms with Gasteiger partial charge in [0.2, 0.25) is 0 Å². The van der Waals surface area contributed by atoms with Crippen molar-refractivity contribution in [2.24, 2.45) is 0 Å². The van der Waals surface area contributed by atoms with Gasteiger partial charge in [0.1, 0.15) is 17.4 Å². The standard InChI is InChI=1S/C12H11NO2S/c1-9-8-16-12(13-9)10-2-4-11(5-3-10)15-7-6-14/h2-6,8H,7H2,1H3. The van der Waals surface area contributed by atoms with Gasteiger partial charge in [-0.2, -0.15) is 0 Å². The van der Waals surface area contributed by atoms with Gasteiger partial charge < -0.3 is 4.74 Å². The van der Waals surface area contributed by atoms with E-state index < -0.39 is 0 Å². The third-order valence-corrected chi connectivity index (χ3v) is 3.05. The first-order valence-corrected chi connectivity index (χ1v) is 5.76. The number of carbonyl (C=O) groups is 1. The number of benzene rings is 1. The minimum Gasteiger partial charge on any atom is -0.486 e. The zero-order chi connectivity index (χ0) is 11.4. The summed E-state index contributed by atoms with van der Waals surface area (Å²) >= 11 is 1.62. The predicted octanol–water partition coefficient (Wildman–Crippen LogP) is 2.70. The van der Waals surface area contributed by atoms with Gasteiger partial charge in [-0.05, 0) is 31.2 Å². The Balaban J connectivity index is 2.15. The van der Waals surface area contributed by atoms with Crippen LogP contribution in [0.5, 0.6) is 5.75 Å². The lowest BCUT2D eigenvalue weighted by Crippen LogP contribution is -1.96. The van der Waals surface area contributed by atoms with E-state index >= 15 is 0 Å². The molecule has 0 saturated heterocycles. The maximum absolute atomic E-state index is 10.1. The molecule has 0 N–H and O–H groups in total. The van der Waals surface area contributed by atoms with E-state index in [1.165, 1.54) is 0 Å². The summed E-state index contributed by atoms with van der Waals surface area (Å²) in [5.74, 6) is 0.698. The third kappa shape index (κ3) is 2.46. The van der Waals surface area contributed by atoms with Crippen molar-refractivity contribution in [3.05, 3.63) is 35.3 Å². The van der Waals surface area contributed by atoms with Crippen molar-refractivity contribution in [3.8, 4) is 16.3 Å². The monoisotopic (exact) mass is 233 g/mol. The molecule has 0 unspecified atom stereocenters. The highest BCUT2D eigenvalue weighted by Crippen LogP contribution is 2.25. The average molecular weight is 233 g/mol. The van der Waals surface area contributed by atoms with Crippen LogP contribution in [0.25, 0.3) is 10.6 Å². The summed E-state index contributed by atoms with van der Waals surface area (Å²) < 4.78 is 5.17. The van der Waals surface area contributed by atoms with Crippen molar-refractivity contribution in [2.45, 2.75) is 6.92 Å². The van der Waals surface area contributed by atoms with E-state index in [-0.39, 0.29) is 6.61 Å². The van der Waals surface area contributed by atoms with Gasteiger partial charge in [0.15, 0.2) is 6.29 Å². The van der Waals surface area contributed by atoms with Gasteiger partial charge in [-0.15, -0.1) is 11.3 Å². The molecule has 4 heteroatoms. The minimum absolute atomic E-state index is 0.0930. The van der Waals surface area contributed by atoms with Gasteiger partial charge in [0, 0.05) is 16.6 Å². The minimum atomic E-state index is 0.0930. The summed E-state index contributed by atoms with van der Waals surface area (Å²) in [5, 5.41) is 3.02. The molecule has 0 atom stereocenters. The summed E-state index contributed by atoms with van der Waals surface area (Å²) in [6, 6.07) is 7.57. The third-order valence-electron chi connectivity index (χ3n) is 2.04. The summed E-state index contributed by atoms with van der Waals surface area (Å²) in [7, 11) is 0. The summed E-state index contributed by atoms with van der Waals surface area (Å²) in [4.78, 5) is 14.5. The number of thiazole rings is 1. The number of rotatable bonds is 4. The number of aryl methyl sites for hydroxylation is 1. The highest BCUT2D eigenvalue weighted by molar-refractivity contribution is 7.13. The smallest absolute Gasteiger partial charge is 0.157 e. The molecule has 0 aliphatic rings. The fourth-order valence-corrected chi connectivity index (χ4v) is 2.11. The first-order valence-electron chi connectivity index (χ1n) is 4.88. The molecule has 1 aromatic carbocycles. The zero-order valence-electron chi connectivity index (χ0n) is 8.84. The first kappa shape index (κ1) is 10.8. The van der Waals surface area contributed by atoms with Crippen molar-refractivity contribution in [3.63, 3.8) is 0 Å². The highest BCUT2D eigenvalue weighted by Gasteiger charge is 2.02.